The Hall–Kier alpha value is -0.593. The summed E-state index contributed by atoms with van der Waals surface area (Å²) < 4.78 is 11.9. The molecule has 0 bridgehead atoms. The van der Waals surface area contributed by atoms with Crippen molar-refractivity contribution in [2.45, 2.75) is 91.6 Å². The Balaban J connectivity index is 5.27. The number of likely N-dealkylation sites (N-methyl/N-ethyl adjacent to an activating group) is 1. The highest BCUT2D eigenvalue weighted by molar-refractivity contribution is 6.74. The van der Waals surface area contributed by atoms with Crippen LogP contribution in [0.5, 0.6) is 0 Å². The average molecular weight is 376 g/mol. The Morgan fingerprint density at radius 3 is 1.92 bits per heavy atom. The highest BCUT2D eigenvalue weighted by atomic mass is 28.4. The summed E-state index contributed by atoms with van der Waals surface area (Å²) in [7, 11) is -0.171. The van der Waals surface area contributed by atoms with E-state index in [1.165, 1.54) is 0 Å². The van der Waals surface area contributed by atoms with E-state index in [0.717, 1.165) is 0 Å². The first-order valence-corrected chi connectivity index (χ1v) is 12.0. The minimum atomic E-state index is -1.92. The van der Waals surface area contributed by atoms with Gasteiger partial charge >= 0.3 is 6.09 Å². The Labute approximate surface area is 156 Å². The standard InChI is InChI=1S/C19H41NO4Si/c1-17(2,3)24-16(22)20(9)15(12-19(7,8)14-21)13-23-25(10,11)18(4,5)6/h15,21H,12-14H2,1-11H3. The molecule has 150 valence electrons. The van der Waals surface area contributed by atoms with Crippen LogP contribution in [-0.4, -0.2) is 56.3 Å². The topological polar surface area (TPSA) is 59.0 Å². The predicted octanol–water partition coefficient (Wildman–Crippen LogP) is 4.65. The highest BCUT2D eigenvalue weighted by Gasteiger charge is 2.39. The molecule has 0 fully saturated rings. The van der Waals surface area contributed by atoms with E-state index in [1.807, 2.05) is 34.6 Å². The van der Waals surface area contributed by atoms with Crippen LogP contribution in [0.1, 0.15) is 61.8 Å². The van der Waals surface area contributed by atoms with Crippen molar-refractivity contribution in [2.24, 2.45) is 5.41 Å². The van der Waals surface area contributed by atoms with Crippen molar-refractivity contribution in [2.75, 3.05) is 20.3 Å². The molecule has 1 amide bonds. The first-order valence-electron chi connectivity index (χ1n) is 9.12. The lowest BCUT2D eigenvalue weighted by atomic mass is 9.86. The molecule has 0 saturated heterocycles. The van der Waals surface area contributed by atoms with Crippen LogP contribution in [0.2, 0.25) is 18.1 Å². The van der Waals surface area contributed by atoms with Gasteiger partial charge in [0.1, 0.15) is 5.60 Å². The lowest BCUT2D eigenvalue weighted by Gasteiger charge is -2.40. The van der Waals surface area contributed by atoms with E-state index in [1.54, 1.807) is 11.9 Å². The third kappa shape index (κ3) is 8.56. The molecule has 0 spiro atoms. The van der Waals surface area contributed by atoms with E-state index in [-0.39, 0.29) is 29.2 Å². The number of carbonyl (C=O) groups excluding carboxylic acids is 1. The van der Waals surface area contributed by atoms with Crippen LogP contribution in [0, 0.1) is 5.41 Å². The summed E-state index contributed by atoms with van der Waals surface area (Å²) in [6.45, 7) is 21.1. The molecular formula is C19H41NO4Si. The molecule has 25 heavy (non-hydrogen) atoms. The second kappa shape index (κ2) is 8.40. The zero-order valence-corrected chi connectivity index (χ0v) is 19.3. The summed E-state index contributed by atoms with van der Waals surface area (Å²) in [5, 5.41) is 9.75. The molecular weight excluding hydrogens is 334 g/mol. The van der Waals surface area contributed by atoms with Gasteiger partial charge in [0.2, 0.25) is 0 Å². The minimum Gasteiger partial charge on any atom is -0.444 e. The van der Waals surface area contributed by atoms with Gasteiger partial charge in [0.15, 0.2) is 8.32 Å². The Bertz CT molecular complexity index is 436. The van der Waals surface area contributed by atoms with Gasteiger partial charge in [0.05, 0.1) is 12.6 Å². The highest BCUT2D eigenvalue weighted by Crippen LogP contribution is 2.37. The van der Waals surface area contributed by atoms with Crippen LogP contribution >= 0.6 is 0 Å². The second-order valence-corrected chi connectivity index (χ2v) is 15.2. The fraction of sp³-hybridized carbons (Fsp3) is 0.947. The van der Waals surface area contributed by atoms with Crippen molar-refractivity contribution in [1.82, 2.24) is 4.90 Å². The van der Waals surface area contributed by atoms with Gasteiger partial charge < -0.3 is 19.2 Å². The predicted molar refractivity (Wildman–Crippen MR) is 106 cm³/mol. The number of aliphatic hydroxyl groups excluding tert-OH is 1. The van der Waals surface area contributed by atoms with Gasteiger partial charge in [-0.15, -0.1) is 0 Å². The maximum Gasteiger partial charge on any atom is 0.410 e. The molecule has 0 aliphatic heterocycles. The van der Waals surface area contributed by atoms with E-state index in [9.17, 15) is 9.90 Å². The lowest BCUT2D eigenvalue weighted by Crippen LogP contribution is -2.49. The van der Waals surface area contributed by atoms with Gasteiger partial charge in [0, 0.05) is 13.7 Å². The molecule has 5 nitrogen and oxygen atoms in total. The van der Waals surface area contributed by atoms with Crippen LogP contribution in [0.3, 0.4) is 0 Å². The van der Waals surface area contributed by atoms with Gasteiger partial charge in [-0.3, -0.25) is 0 Å². The Kier molecular flexibility index (Phi) is 8.20. The van der Waals surface area contributed by atoms with E-state index >= 15 is 0 Å². The van der Waals surface area contributed by atoms with Crippen LogP contribution in [0.25, 0.3) is 0 Å². The molecule has 0 aliphatic carbocycles. The molecule has 0 aromatic rings. The summed E-state index contributed by atoms with van der Waals surface area (Å²) in [5.41, 5.74) is -0.833. The summed E-state index contributed by atoms with van der Waals surface area (Å²) in [6.07, 6.45) is 0.290. The third-order valence-electron chi connectivity index (χ3n) is 4.89. The van der Waals surface area contributed by atoms with Gasteiger partial charge in [-0.05, 0) is 50.7 Å². The lowest BCUT2D eigenvalue weighted by molar-refractivity contribution is 0.00804. The molecule has 1 N–H and O–H groups in total. The smallest absolute Gasteiger partial charge is 0.410 e. The number of hydrogen-bond donors (Lipinski definition) is 1. The number of carbonyl (C=O) groups is 1. The van der Waals surface area contributed by atoms with Gasteiger partial charge in [-0.2, -0.15) is 0 Å². The molecule has 1 unspecified atom stereocenters. The van der Waals surface area contributed by atoms with Crippen LogP contribution < -0.4 is 0 Å². The summed E-state index contributed by atoms with van der Waals surface area (Å²) in [6, 6.07) is -0.147. The number of ether oxygens (including phenoxy) is 1. The molecule has 0 saturated carbocycles. The van der Waals surface area contributed by atoms with E-state index in [4.69, 9.17) is 9.16 Å². The molecule has 0 heterocycles. The number of aliphatic hydroxyl groups is 1. The zero-order valence-electron chi connectivity index (χ0n) is 18.3. The number of nitrogens with zero attached hydrogens (tertiary/aromatic N) is 1. The molecule has 0 aromatic heterocycles. The first-order chi connectivity index (χ1) is 10.9. The molecule has 1 atom stereocenters. The normalized spacial score (nSPS) is 15.0. The Morgan fingerprint density at radius 2 is 1.56 bits per heavy atom. The van der Waals surface area contributed by atoms with Crippen LogP contribution in [0.15, 0.2) is 0 Å². The van der Waals surface area contributed by atoms with Crippen molar-refractivity contribution in [3.63, 3.8) is 0 Å². The number of rotatable bonds is 7. The zero-order chi connectivity index (χ0) is 20.3. The maximum absolute atomic E-state index is 12.5. The van der Waals surface area contributed by atoms with Crippen LogP contribution in [0.4, 0.5) is 4.79 Å². The fourth-order valence-corrected chi connectivity index (χ4v) is 3.06. The number of hydrogen-bond acceptors (Lipinski definition) is 4. The van der Waals surface area contributed by atoms with Crippen molar-refractivity contribution in [3.8, 4) is 0 Å². The van der Waals surface area contributed by atoms with Gasteiger partial charge in [-0.1, -0.05) is 34.6 Å². The van der Waals surface area contributed by atoms with Crippen molar-refractivity contribution < 1.29 is 19.1 Å². The van der Waals surface area contributed by atoms with Crippen LogP contribution in [-0.2, 0) is 9.16 Å². The molecule has 0 radical (unpaired) electrons. The quantitative estimate of drug-likeness (QED) is 0.658. The van der Waals surface area contributed by atoms with Crippen molar-refractivity contribution >= 4 is 14.4 Å². The Morgan fingerprint density at radius 1 is 1.08 bits per heavy atom. The molecule has 0 aromatic carbocycles. The largest absolute Gasteiger partial charge is 0.444 e. The fourth-order valence-electron chi connectivity index (χ4n) is 2.01. The molecule has 0 aliphatic rings. The van der Waals surface area contributed by atoms with E-state index in [2.05, 4.69) is 33.9 Å². The monoisotopic (exact) mass is 375 g/mol. The second-order valence-electron chi connectivity index (χ2n) is 10.3. The number of amides is 1. The van der Waals surface area contributed by atoms with E-state index < -0.39 is 13.9 Å². The summed E-state index contributed by atoms with van der Waals surface area (Å²) in [4.78, 5) is 14.1. The maximum atomic E-state index is 12.5. The van der Waals surface area contributed by atoms with Crippen molar-refractivity contribution in [1.29, 1.82) is 0 Å². The third-order valence-corrected chi connectivity index (χ3v) is 9.39. The van der Waals surface area contributed by atoms with E-state index in [0.29, 0.717) is 13.0 Å². The minimum absolute atomic E-state index is 0.0613. The van der Waals surface area contributed by atoms with Gasteiger partial charge in [0.25, 0.3) is 0 Å². The summed E-state index contributed by atoms with van der Waals surface area (Å²) >= 11 is 0. The van der Waals surface area contributed by atoms with Gasteiger partial charge in [-0.25, -0.2) is 4.79 Å². The molecule has 6 heteroatoms. The summed E-state index contributed by atoms with van der Waals surface area (Å²) in [5.74, 6) is 0. The first kappa shape index (κ1) is 24.4. The average Bonchev–Trinajstić information content (AvgIpc) is 2.39. The SMILES string of the molecule is CN(C(=O)OC(C)(C)C)C(CO[Si](C)(C)C(C)(C)C)CC(C)(C)CO. The molecule has 0 rings (SSSR count). The van der Waals surface area contributed by atoms with Crippen molar-refractivity contribution in [3.05, 3.63) is 0 Å².